The van der Waals surface area contributed by atoms with Gasteiger partial charge in [-0.15, -0.1) is 0 Å². The molecular weight excluding hydrogens is 115 g/mol. The van der Waals surface area contributed by atoms with Crippen LogP contribution in [0.2, 0.25) is 0 Å². The van der Waals surface area contributed by atoms with Crippen molar-refractivity contribution in [1.29, 1.82) is 0 Å². The highest BCUT2D eigenvalue weighted by molar-refractivity contribution is 6.20. The summed E-state index contributed by atoms with van der Waals surface area (Å²) in [6, 6.07) is 0. The molecule has 1 rings (SSSR count). The molecule has 1 heterocycles. The molecule has 0 aromatic heterocycles. The van der Waals surface area contributed by atoms with Crippen LogP contribution in [0, 0.1) is 0 Å². The fourth-order valence-corrected chi connectivity index (χ4v) is 0.916. The zero-order valence-corrected chi connectivity index (χ0v) is 6.10. The van der Waals surface area contributed by atoms with E-state index in [1.165, 1.54) is 0 Å². The van der Waals surface area contributed by atoms with Crippen molar-refractivity contribution in [2.24, 2.45) is 0 Å². The van der Waals surface area contributed by atoms with E-state index in [4.69, 9.17) is 9.31 Å². The van der Waals surface area contributed by atoms with Gasteiger partial charge in [-0.1, -0.05) is 0 Å². The third-order valence-electron chi connectivity index (χ3n) is 1.49. The lowest BCUT2D eigenvalue weighted by Gasteiger charge is -2.16. The van der Waals surface area contributed by atoms with E-state index in [0.29, 0.717) is 7.69 Å². The van der Waals surface area contributed by atoms with Crippen molar-refractivity contribution in [3.05, 3.63) is 11.8 Å². The predicted octanol–water partition coefficient (Wildman–Crippen LogP) is 0.982. The van der Waals surface area contributed by atoms with Gasteiger partial charge in [0.2, 0.25) is 0 Å². The van der Waals surface area contributed by atoms with E-state index in [1.807, 2.05) is 26.8 Å². The van der Waals surface area contributed by atoms with Crippen LogP contribution in [0.3, 0.4) is 0 Å². The minimum absolute atomic E-state index is 0.200. The van der Waals surface area contributed by atoms with Gasteiger partial charge in [0, 0.05) is 0 Å². The third-order valence-corrected chi connectivity index (χ3v) is 1.49. The molecule has 0 aromatic rings. The normalized spacial score (nSPS) is 27.7. The van der Waals surface area contributed by atoms with Crippen LogP contribution < -0.4 is 0 Å². The van der Waals surface area contributed by atoms with Gasteiger partial charge < -0.3 is 9.31 Å². The van der Waals surface area contributed by atoms with Gasteiger partial charge in [-0.25, -0.2) is 0 Å². The number of hydrogen-bond acceptors (Lipinski definition) is 2. The number of allylic oxidation sites excluding steroid dienone is 1. The van der Waals surface area contributed by atoms with Crippen molar-refractivity contribution in [2.45, 2.75) is 26.4 Å². The molecule has 0 aromatic carbocycles. The van der Waals surface area contributed by atoms with E-state index in [-0.39, 0.29) is 5.60 Å². The third kappa shape index (κ3) is 1.10. The summed E-state index contributed by atoms with van der Waals surface area (Å²) in [5, 5.41) is 0. The van der Waals surface area contributed by atoms with E-state index in [1.54, 1.807) is 0 Å². The SMILES string of the molecule is C/C=C1\OBOC1(C)C. The van der Waals surface area contributed by atoms with Crippen LogP contribution in [-0.2, 0) is 9.31 Å². The van der Waals surface area contributed by atoms with E-state index in [2.05, 4.69) is 0 Å². The summed E-state index contributed by atoms with van der Waals surface area (Å²) in [6.07, 6.45) is 1.94. The number of rotatable bonds is 0. The molecule has 3 heteroatoms. The maximum absolute atomic E-state index is 5.25. The Balaban J connectivity index is 2.75. The average molecular weight is 126 g/mol. The Hall–Kier alpha value is -0.435. The Morgan fingerprint density at radius 3 is 2.44 bits per heavy atom. The summed E-state index contributed by atoms with van der Waals surface area (Å²) in [4.78, 5) is 0. The molecule has 2 nitrogen and oxygen atoms in total. The van der Waals surface area contributed by atoms with Gasteiger partial charge in [0.1, 0.15) is 11.4 Å². The van der Waals surface area contributed by atoms with E-state index >= 15 is 0 Å². The highest BCUT2D eigenvalue weighted by Crippen LogP contribution is 2.26. The maximum Gasteiger partial charge on any atom is 0.507 e. The molecule has 50 valence electrons. The molecule has 0 N–H and O–H groups in total. The second-order valence-electron chi connectivity index (χ2n) is 2.57. The molecule has 1 aliphatic heterocycles. The van der Waals surface area contributed by atoms with Crippen molar-refractivity contribution in [3.63, 3.8) is 0 Å². The summed E-state index contributed by atoms with van der Waals surface area (Å²) in [7, 11) is 0.396. The van der Waals surface area contributed by atoms with E-state index in [9.17, 15) is 0 Å². The molecule has 1 fully saturated rings. The van der Waals surface area contributed by atoms with Gasteiger partial charge in [-0.3, -0.25) is 0 Å². The first-order valence-electron chi connectivity index (χ1n) is 3.10. The van der Waals surface area contributed by atoms with E-state index in [0.717, 1.165) is 5.76 Å². The molecule has 0 unspecified atom stereocenters. The van der Waals surface area contributed by atoms with Crippen LogP contribution in [0.25, 0.3) is 0 Å². The zero-order chi connectivity index (χ0) is 6.91. The molecule has 0 atom stereocenters. The average Bonchev–Trinajstić information content (AvgIpc) is 2.08. The van der Waals surface area contributed by atoms with Crippen molar-refractivity contribution >= 4 is 7.69 Å². The van der Waals surface area contributed by atoms with Crippen LogP contribution in [0.1, 0.15) is 20.8 Å². The Morgan fingerprint density at radius 2 is 2.22 bits per heavy atom. The quantitative estimate of drug-likeness (QED) is 0.450. The zero-order valence-electron chi connectivity index (χ0n) is 6.10. The van der Waals surface area contributed by atoms with Crippen molar-refractivity contribution in [1.82, 2.24) is 0 Å². The Bertz CT molecular complexity index is 140. The first-order chi connectivity index (χ1) is 4.17. The van der Waals surface area contributed by atoms with Crippen molar-refractivity contribution in [3.8, 4) is 0 Å². The molecule has 1 saturated heterocycles. The minimum Gasteiger partial charge on any atom is -0.540 e. The summed E-state index contributed by atoms with van der Waals surface area (Å²) in [5.41, 5.74) is -0.200. The second-order valence-corrected chi connectivity index (χ2v) is 2.57. The van der Waals surface area contributed by atoms with Gasteiger partial charge in [0.25, 0.3) is 0 Å². The largest absolute Gasteiger partial charge is 0.540 e. The molecule has 0 saturated carbocycles. The standard InChI is InChI=1S/C6H11BO2/c1-4-5-6(2,3)9-7-8-5/h4,7H,1-3H3/b5-4-. The van der Waals surface area contributed by atoms with Crippen LogP contribution in [-0.4, -0.2) is 13.3 Å². The van der Waals surface area contributed by atoms with Crippen LogP contribution >= 0.6 is 0 Å². The summed E-state index contributed by atoms with van der Waals surface area (Å²) in [6.45, 7) is 5.94. The van der Waals surface area contributed by atoms with Crippen molar-refractivity contribution < 1.29 is 9.31 Å². The first-order valence-corrected chi connectivity index (χ1v) is 3.10. The van der Waals surface area contributed by atoms with Crippen molar-refractivity contribution in [2.75, 3.05) is 0 Å². The Kier molecular flexibility index (Phi) is 1.53. The lowest BCUT2D eigenvalue weighted by molar-refractivity contribution is 0.176. The molecular formula is C6H11BO2. The molecule has 0 amide bonds. The van der Waals surface area contributed by atoms with Gasteiger partial charge in [-0.2, -0.15) is 0 Å². The maximum atomic E-state index is 5.25. The molecule has 0 spiro atoms. The highest BCUT2D eigenvalue weighted by atomic mass is 16.6. The Labute approximate surface area is 56.2 Å². The lowest BCUT2D eigenvalue weighted by Crippen LogP contribution is -2.19. The van der Waals surface area contributed by atoms with E-state index < -0.39 is 0 Å². The second kappa shape index (κ2) is 2.07. The summed E-state index contributed by atoms with van der Waals surface area (Å²) < 4.78 is 10.4. The minimum atomic E-state index is -0.200. The van der Waals surface area contributed by atoms with Gasteiger partial charge in [0.15, 0.2) is 0 Å². The Morgan fingerprint density at radius 1 is 1.56 bits per heavy atom. The van der Waals surface area contributed by atoms with Crippen LogP contribution in [0.15, 0.2) is 11.8 Å². The highest BCUT2D eigenvalue weighted by Gasteiger charge is 2.31. The van der Waals surface area contributed by atoms with Gasteiger partial charge >= 0.3 is 7.69 Å². The molecule has 1 aliphatic rings. The van der Waals surface area contributed by atoms with Gasteiger partial charge in [-0.05, 0) is 26.8 Å². The van der Waals surface area contributed by atoms with Gasteiger partial charge in [0.05, 0.1) is 0 Å². The van der Waals surface area contributed by atoms with Crippen LogP contribution in [0.5, 0.6) is 0 Å². The fourth-order valence-electron chi connectivity index (χ4n) is 0.916. The lowest BCUT2D eigenvalue weighted by atomic mass is 10.1. The predicted molar refractivity (Wildman–Crippen MR) is 37.2 cm³/mol. The van der Waals surface area contributed by atoms with Crippen LogP contribution in [0.4, 0.5) is 0 Å². The molecule has 0 bridgehead atoms. The summed E-state index contributed by atoms with van der Waals surface area (Å²) >= 11 is 0. The summed E-state index contributed by atoms with van der Waals surface area (Å²) in [5.74, 6) is 0.933. The molecule has 9 heavy (non-hydrogen) atoms. The monoisotopic (exact) mass is 126 g/mol. The molecule has 0 radical (unpaired) electrons. The first kappa shape index (κ1) is 6.68. The fraction of sp³-hybridized carbons (Fsp3) is 0.667. The number of hydrogen-bond donors (Lipinski definition) is 0. The smallest absolute Gasteiger partial charge is 0.507 e. The topological polar surface area (TPSA) is 18.5 Å². The molecule has 0 aliphatic carbocycles.